The van der Waals surface area contributed by atoms with Gasteiger partial charge in [-0.25, -0.2) is 17.6 Å². The summed E-state index contributed by atoms with van der Waals surface area (Å²) in [6.45, 7) is 0.0116. The van der Waals surface area contributed by atoms with Crippen molar-refractivity contribution in [1.29, 1.82) is 5.26 Å². The van der Waals surface area contributed by atoms with Gasteiger partial charge in [0.05, 0.1) is 11.6 Å². The standard InChI is InChI=1S/C20H15F4N3O3/c21-17(22)16-9-20(29,19(23)24)27(26-16)18(28)14-3-1-2-13(8-14)11-30-15-6-4-12(10-25)5-7-15/h1-8,17,19,29H,9,11H2/t20-/m1/s1. The summed E-state index contributed by atoms with van der Waals surface area (Å²) in [6.07, 6.45) is -7.82. The molecule has 30 heavy (non-hydrogen) atoms. The van der Waals surface area contributed by atoms with Gasteiger partial charge in [0.15, 0.2) is 0 Å². The predicted molar refractivity (Wildman–Crippen MR) is 97.1 cm³/mol. The van der Waals surface area contributed by atoms with Gasteiger partial charge < -0.3 is 9.84 Å². The molecule has 2 aromatic carbocycles. The van der Waals surface area contributed by atoms with E-state index in [0.717, 1.165) is 0 Å². The van der Waals surface area contributed by atoms with Crippen molar-refractivity contribution in [3.05, 3.63) is 65.2 Å². The van der Waals surface area contributed by atoms with Crippen LogP contribution in [0.3, 0.4) is 0 Å². The Labute approximate surface area is 168 Å². The van der Waals surface area contributed by atoms with E-state index in [1.54, 1.807) is 30.3 Å². The average molecular weight is 421 g/mol. The smallest absolute Gasteiger partial charge is 0.287 e. The lowest BCUT2D eigenvalue weighted by atomic mass is 10.1. The van der Waals surface area contributed by atoms with Crippen molar-refractivity contribution >= 4 is 11.6 Å². The molecule has 0 spiro atoms. The number of benzene rings is 2. The van der Waals surface area contributed by atoms with E-state index < -0.39 is 36.6 Å². The van der Waals surface area contributed by atoms with E-state index in [1.165, 1.54) is 18.2 Å². The Morgan fingerprint density at radius 3 is 2.53 bits per heavy atom. The summed E-state index contributed by atoms with van der Waals surface area (Å²) in [5.74, 6) is -0.683. The average Bonchev–Trinajstić information content (AvgIpc) is 3.11. The van der Waals surface area contributed by atoms with Gasteiger partial charge in [-0.15, -0.1) is 0 Å². The van der Waals surface area contributed by atoms with Crippen molar-refractivity contribution in [3.63, 3.8) is 0 Å². The fourth-order valence-corrected chi connectivity index (χ4v) is 2.81. The summed E-state index contributed by atoms with van der Waals surface area (Å²) < 4.78 is 58.0. The number of hydrogen-bond acceptors (Lipinski definition) is 5. The molecule has 6 nitrogen and oxygen atoms in total. The fourth-order valence-electron chi connectivity index (χ4n) is 2.81. The number of hydrazone groups is 1. The molecule has 0 radical (unpaired) electrons. The second-order valence-electron chi connectivity index (χ2n) is 6.49. The number of halogens is 4. The van der Waals surface area contributed by atoms with Gasteiger partial charge in [-0.1, -0.05) is 12.1 Å². The molecule has 1 amide bonds. The molecule has 1 atom stereocenters. The number of alkyl halides is 4. The van der Waals surface area contributed by atoms with Gasteiger partial charge in [0.25, 0.3) is 18.8 Å². The van der Waals surface area contributed by atoms with Crippen LogP contribution in [0.25, 0.3) is 0 Å². The lowest BCUT2D eigenvalue weighted by Crippen LogP contribution is -2.51. The van der Waals surface area contributed by atoms with E-state index in [0.29, 0.717) is 16.9 Å². The highest BCUT2D eigenvalue weighted by Crippen LogP contribution is 2.34. The molecule has 0 bridgehead atoms. The van der Waals surface area contributed by atoms with Crippen molar-refractivity contribution in [2.75, 3.05) is 0 Å². The minimum Gasteiger partial charge on any atom is -0.489 e. The number of amides is 1. The highest BCUT2D eigenvalue weighted by molar-refractivity contribution is 5.99. The quantitative estimate of drug-likeness (QED) is 0.723. The van der Waals surface area contributed by atoms with Crippen LogP contribution in [0.15, 0.2) is 53.6 Å². The van der Waals surface area contributed by atoms with Crippen LogP contribution in [0.5, 0.6) is 5.75 Å². The van der Waals surface area contributed by atoms with Crippen molar-refractivity contribution < 1.29 is 32.2 Å². The molecule has 156 valence electrons. The molecule has 3 rings (SSSR count). The van der Waals surface area contributed by atoms with Gasteiger partial charge in [-0.05, 0) is 42.0 Å². The number of nitrogens with zero attached hydrogens (tertiary/aromatic N) is 3. The second kappa shape index (κ2) is 8.51. The number of carbonyl (C=O) groups excluding carboxylic acids is 1. The molecule has 1 aliphatic heterocycles. The molecule has 0 aliphatic carbocycles. The van der Waals surface area contributed by atoms with Crippen LogP contribution in [0.4, 0.5) is 17.6 Å². The van der Waals surface area contributed by atoms with Crippen molar-refractivity contribution in [2.45, 2.75) is 31.6 Å². The highest BCUT2D eigenvalue weighted by Gasteiger charge is 2.53. The number of ether oxygens (including phenoxy) is 1. The third-order valence-electron chi connectivity index (χ3n) is 4.39. The van der Waals surface area contributed by atoms with Crippen LogP contribution in [0, 0.1) is 11.3 Å². The summed E-state index contributed by atoms with van der Waals surface area (Å²) in [7, 11) is 0. The van der Waals surface area contributed by atoms with Crippen LogP contribution in [0.1, 0.15) is 27.9 Å². The minimum atomic E-state index is -3.50. The lowest BCUT2D eigenvalue weighted by molar-refractivity contribution is -0.164. The summed E-state index contributed by atoms with van der Waals surface area (Å²) >= 11 is 0. The molecule has 0 fully saturated rings. The molecule has 2 aromatic rings. The van der Waals surface area contributed by atoms with Crippen molar-refractivity contribution in [2.24, 2.45) is 5.10 Å². The fraction of sp³-hybridized carbons (Fsp3) is 0.250. The summed E-state index contributed by atoms with van der Waals surface area (Å²) in [4.78, 5) is 12.6. The van der Waals surface area contributed by atoms with Crippen LogP contribution in [-0.4, -0.2) is 40.3 Å². The van der Waals surface area contributed by atoms with Gasteiger partial charge >= 0.3 is 0 Å². The number of hydrogen-bond donors (Lipinski definition) is 1. The molecule has 0 saturated carbocycles. The molecule has 1 heterocycles. The molecule has 0 saturated heterocycles. The number of aliphatic hydroxyl groups is 1. The predicted octanol–water partition coefficient (Wildman–Crippen LogP) is 3.56. The molecule has 0 aromatic heterocycles. The third-order valence-corrected chi connectivity index (χ3v) is 4.39. The molecule has 1 aliphatic rings. The Kier molecular flexibility index (Phi) is 6.03. The van der Waals surface area contributed by atoms with Gasteiger partial charge in [0.2, 0.25) is 5.72 Å². The zero-order valence-corrected chi connectivity index (χ0v) is 15.3. The Bertz CT molecular complexity index is 1010. The second-order valence-corrected chi connectivity index (χ2v) is 6.49. The number of rotatable bonds is 6. The van der Waals surface area contributed by atoms with Crippen LogP contribution >= 0.6 is 0 Å². The molecule has 0 unspecified atom stereocenters. The minimum absolute atomic E-state index is 0.0116. The Hall–Kier alpha value is -3.45. The topological polar surface area (TPSA) is 85.9 Å². The molecular formula is C20H15F4N3O3. The molecular weight excluding hydrogens is 406 g/mol. The first kappa shape index (κ1) is 21.3. The van der Waals surface area contributed by atoms with Crippen LogP contribution in [0.2, 0.25) is 0 Å². The third kappa shape index (κ3) is 4.26. The van der Waals surface area contributed by atoms with Gasteiger partial charge in [0, 0.05) is 12.0 Å². The Balaban J connectivity index is 1.78. The maximum Gasteiger partial charge on any atom is 0.287 e. The summed E-state index contributed by atoms with van der Waals surface area (Å²) in [6, 6.07) is 13.9. The molecule has 10 heteroatoms. The van der Waals surface area contributed by atoms with Gasteiger partial charge in [-0.3, -0.25) is 4.79 Å². The Morgan fingerprint density at radius 1 is 1.23 bits per heavy atom. The van der Waals surface area contributed by atoms with Crippen molar-refractivity contribution in [3.8, 4) is 11.8 Å². The summed E-state index contributed by atoms with van der Waals surface area (Å²) in [5.41, 5.74) is -3.32. The maximum absolute atomic E-state index is 13.3. The van der Waals surface area contributed by atoms with E-state index in [4.69, 9.17) is 10.00 Å². The van der Waals surface area contributed by atoms with E-state index in [2.05, 4.69) is 5.10 Å². The SMILES string of the molecule is N#Cc1ccc(OCc2cccc(C(=O)N3N=C(C(F)F)C[C@@]3(O)C(F)F)c2)cc1. The van der Waals surface area contributed by atoms with Crippen LogP contribution in [-0.2, 0) is 6.61 Å². The zero-order valence-electron chi connectivity index (χ0n) is 15.3. The lowest BCUT2D eigenvalue weighted by Gasteiger charge is -2.30. The van der Waals surface area contributed by atoms with E-state index in [-0.39, 0.29) is 17.2 Å². The largest absolute Gasteiger partial charge is 0.489 e. The van der Waals surface area contributed by atoms with E-state index in [9.17, 15) is 27.5 Å². The number of carbonyl (C=O) groups is 1. The molecule has 1 N–H and O–H groups in total. The normalized spacial score (nSPS) is 18.5. The zero-order chi connectivity index (χ0) is 21.9. The van der Waals surface area contributed by atoms with E-state index >= 15 is 0 Å². The Morgan fingerprint density at radius 2 is 1.93 bits per heavy atom. The van der Waals surface area contributed by atoms with E-state index in [1.807, 2.05) is 6.07 Å². The maximum atomic E-state index is 13.3. The number of nitriles is 1. The van der Waals surface area contributed by atoms with Gasteiger partial charge in [0.1, 0.15) is 18.1 Å². The highest BCUT2D eigenvalue weighted by atomic mass is 19.3. The first-order chi connectivity index (χ1) is 14.2. The van der Waals surface area contributed by atoms with Crippen LogP contribution < -0.4 is 4.74 Å². The first-order valence-electron chi connectivity index (χ1n) is 8.67. The first-order valence-corrected chi connectivity index (χ1v) is 8.67. The van der Waals surface area contributed by atoms with Gasteiger partial charge in [-0.2, -0.15) is 15.4 Å². The summed E-state index contributed by atoms with van der Waals surface area (Å²) in [5, 5.41) is 22.1. The van der Waals surface area contributed by atoms with Crippen molar-refractivity contribution in [1.82, 2.24) is 5.01 Å². The monoisotopic (exact) mass is 421 g/mol.